The summed E-state index contributed by atoms with van der Waals surface area (Å²) in [6.45, 7) is 17.5. The molecule has 0 bridgehead atoms. The van der Waals surface area contributed by atoms with Crippen LogP contribution in [0, 0.1) is 6.57 Å². The molecule has 2 aromatic heterocycles. The van der Waals surface area contributed by atoms with E-state index >= 15 is 0 Å². The van der Waals surface area contributed by atoms with Gasteiger partial charge in [-0.2, -0.15) is 0 Å². The zero-order valence-corrected chi connectivity index (χ0v) is 20.5. The zero-order chi connectivity index (χ0) is 22.7. The van der Waals surface area contributed by atoms with Crippen molar-refractivity contribution in [1.29, 1.82) is 0 Å². The molecule has 4 rings (SSSR count). The smallest absolute Gasteiger partial charge is 0.189 e. The molecule has 32 heavy (non-hydrogen) atoms. The fourth-order valence-corrected chi connectivity index (χ4v) is 4.89. The molecular weight excluding hydrogens is 416 g/mol. The molecule has 1 saturated heterocycles. The standard InChI is InChI=1S/C24H32N6OSi/c1-25-19-7-6-8-20(15-19)28(2)21-9-11-29(16-21)23-22-10-12-30(24(22)27-17-26-23)18-31-13-14-32(3,4)5/h6-8,10,12,15,17,21H,9,11,13-14,16,18H2,2-5H3/t21-/m1/s1. The van der Waals surface area contributed by atoms with Gasteiger partial charge in [0, 0.05) is 52.7 Å². The number of aromatic nitrogens is 3. The largest absolute Gasteiger partial charge is 0.371 e. The highest BCUT2D eigenvalue weighted by Crippen LogP contribution is 2.30. The van der Waals surface area contributed by atoms with Gasteiger partial charge in [-0.15, -0.1) is 0 Å². The molecular formula is C24H32N6OSi. The molecule has 0 unspecified atom stereocenters. The van der Waals surface area contributed by atoms with E-state index in [0.29, 0.717) is 18.5 Å². The minimum absolute atomic E-state index is 0.369. The lowest BCUT2D eigenvalue weighted by molar-refractivity contribution is 0.0899. The van der Waals surface area contributed by atoms with Crippen LogP contribution in [0.5, 0.6) is 0 Å². The summed E-state index contributed by atoms with van der Waals surface area (Å²) in [7, 11) is 1.02. The van der Waals surface area contributed by atoms with E-state index in [4.69, 9.17) is 11.3 Å². The molecule has 1 fully saturated rings. The lowest BCUT2D eigenvalue weighted by Gasteiger charge is -2.27. The Balaban J connectivity index is 1.45. The fourth-order valence-electron chi connectivity index (χ4n) is 4.13. The molecule has 1 aliphatic heterocycles. The maximum atomic E-state index is 7.27. The van der Waals surface area contributed by atoms with Crippen LogP contribution in [0.25, 0.3) is 15.9 Å². The number of hydrogen-bond donors (Lipinski definition) is 0. The van der Waals surface area contributed by atoms with Crippen LogP contribution >= 0.6 is 0 Å². The van der Waals surface area contributed by atoms with E-state index in [2.05, 4.69) is 68.0 Å². The minimum Gasteiger partial charge on any atom is -0.371 e. The first kappa shape index (κ1) is 22.3. The molecule has 0 amide bonds. The Bertz CT molecular complexity index is 1120. The van der Waals surface area contributed by atoms with Crippen LogP contribution in [0.15, 0.2) is 42.9 Å². The van der Waals surface area contributed by atoms with Crippen molar-refractivity contribution in [3.8, 4) is 0 Å². The number of ether oxygens (including phenoxy) is 1. The van der Waals surface area contributed by atoms with Crippen molar-refractivity contribution < 1.29 is 4.74 Å². The van der Waals surface area contributed by atoms with Crippen molar-refractivity contribution >= 4 is 36.3 Å². The molecule has 3 heterocycles. The summed E-state index contributed by atoms with van der Waals surface area (Å²) in [4.78, 5) is 17.4. The molecule has 0 aliphatic carbocycles. The third-order valence-electron chi connectivity index (χ3n) is 6.14. The Kier molecular flexibility index (Phi) is 6.49. The SMILES string of the molecule is [C-]#[N+]c1cccc(N(C)[C@@H]2CCN(c3ncnc4c3ccn4COCC[Si](C)(C)C)C2)c1. The van der Waals surface area contributed by atoms with Crippen LogP contribution in [-0.4, -0.2) is 55.4 Å². The Hall–Kier alpha value is -2.89. The average Bonchev–Trinajstić information content (AvgIpc) is 3.43. The number of nitrogens with zero attached hydrogens (tertiary/aromatic N) is 6. The molecule has 1 aromatic carbocycles. The lowest BCUT2D eigenvalue weighted by atomic mass is 10.2. The highest BCUT2D eigenvalue weighted by molar-refractivity contribution is 6.76. The van der Waals surface area contributed by atoms with Crippen molar-refractivity contribution in [2.45, 2.75) is 44.9 Å². The van der Waals surface area contributed by atoms with Crippen molar-refractivity contribution in [3.05, 3.63) is 54.3 Å². The van der Waals surface area contributed by atoms with Crippen molar-refractivity contribution in [2.75, 3.05) is 36.5 Å². The first-order valence-corrected chi connectivity index (χ1v) is 14.9. The molecule has 168 valence electrons. The number of anilines is 2. The summed E-state index contributed by atoms with van der Waals surface area (Å²) in [5.74, 6) is 0.988. The second kappa shape index (κ2) is 9.31. The van der Waals surface area contributed by atoms with E-state index in [-0.39, 0.29) is 0 Å². The monoisotopic (exact) mass is 448 g/mol. The van der Waals surface area contributed by atoms with E-state index in [1.165, 1.54) is 0 Å². The number of likely N-dealkylation sites (N-methyl/N-ethyl adjacent to an activating group) is 1. The topological polar surface area (TPSA) is 50.8 Å². The zero-order valence-electron chi connectivity index (χ0n) is 19.5. The fraction of sp³-hybridized carbons (Fsp3) is 0.458. The summed E-state index contributed by atoms with van der Waals surface area (Å²) < 4.78 is 8.01. The molecule has 1 aliphatic rings. The van der Waals surface area contributed by atoms with E-state index in [9.17, 15) is 0 Å². The summed E-state index contributed by atoms with van der Waals surface area (Å²) in [5.41, 5.74) is 2.68. The minimum atomic E-state index is -1.09. The summed E-state index contributed by atoms with van der Waals surface area (Å²) in [6, 6.07) is 11.5. The second-order valence-electron chi connectivity index (χ2n) is 9.70. The Morgan fingerprint density at radius 2 is 2.09 bits per heavy atom. The maximum absolute atomic E-state index is 7.27. The number of rotatable bonds is 8. The quantitative estimate of drug-likeness (QED) is 0.275. The predicted molar refractivity (Wildman–Crippen MR) is 133 cm³/mol. The van der Waals surface area contributed by atoms with Crippen molar-refractivity contribution in [2.24, 2.45) is 0 Å². The van der Waals surface area contributed by atoms with Crippen LogP contribution in [0.2, 0.25) is 25.7 Å². The van der Waals surface area contributed by atoms with Gasteiger partial charge in [-0.1, -0.05) is 31.8 Å². The normalized spacial score (nSPS) is 16.5. The van der Waals surface area contributed by atoms with Gasteiger partial charge in [0.25, 0.3) is 0 Å². The third kappa shape index (κ3) is 4.95. The first-order chi connectivity index (χ1) is 15.4. The molecule has 0 N–H and O–H groups in total. The molecule has 0 radical (unpaired) electrons. The summed E-state index contributed by atoms with van der Waals surface area (Å²) >= 11 is 0. The van der Waals surface area contributed by atoms with Crippen molar-refractivity contribution in [1.82, 2.24) is 14.5 Å². The number of hydrogen-bond acceptors (Lipinski definition) is 5. The molecule has 7 nitrogen and oxygen atoms in total. The van der Waals surface area contributed by atoms with Crippen LogP contribution in [0.1, 0.15) is 6.42 Å². The average molecular weight is 449 g/mol. The van der Waals surface area contributed by atoms with E-state index < -0.39 is 8.07 Å². The van der Waals surface area contributed by atoms with Crippen LogP contribution < -0.4 is 9.80 Å². The van der Waals surface area contributed by atoms with Crippen LogP contribution in [0.4, 0.5) is 17.2 Å². The summed E-state index contributed by atoms with van der Waals surface area (Å²) in [5, 5.41) is 1.07. The Labute approximate surface area is 191 Å². The molecule has 0 spiro atoms. The van der Waals surface area contributed by atoms with Gasteiger partial charge < -0.3 is 19.1 Å². The molecule has 1 atom stereocenters. The molecule has 0 saturated carbocycles. The van der Waals surface area contributed by atoms with Gasteiger partial charge in [0.05, 0.1) is 12.0 Å². The van der Waals surface area contributed by atoms with Gasteiger partial charge in [0.15, 0.2) is 5.69 Å². The number of fused-ring (bicyclic) bond motifs is 1. The van der Waals surface area contributed by atoms with Gasteiger partial charge in [0.2, 0.25) is 0 Å². The van der Waals surface area contributed by atoms with E-state index in [1.807, 2.05) is 24.4 Å². The van der Waals surface area contributed by atoms with Crippen LogP contribution in [0.3, 0.4) is 0 Å². The van der Waals surface area contributed by atoms with Gasteiger partial charge >= 0.3 is 0 Å². The summed E-state index contributed by atoms with van der Waals surface area (Å²) in [6.07, 6.45) is 4.75. The Morgan fingerprint density at radius 3 is 2.88 bits per heavy atom. The van der Waals surface area contributed by atoms with E-state index in [1.54, 1.807) is 6.33 Å². The van der Waals surface area contributed by atoms with Crippen LogP contribution in [-0.2, 0) is 11.5 Å². The molecule has 8 heteroatoms. The Morgan fingerprint density at radius 1 is 1.25 bits per heavy atom. The van der Waals surface area contributed by atoms with Gasteiger partial charge in [-0.05, 0) is 30.7 Å². The highest BCUT2D eigenvalue weighted by Gasteiger charge is 2.28. The number of benzene rings is 1. The van der Waals surface area contributed by atoms with Crippen molar-refractivity contribution in [3.63, 3.8) is 0 Å². The molecule has 3 aromatic rings. The lowest BCUT2D eigenvalue weighted by Crippen LogP contribution is -2.34. The van der Waals surface area contributed by atoms with Gasteiger partial charge in [-0.3, -0.25) is 0 Å². The third-order valence-corrected chi connectivity index (χ3v) is 7.84. The highest BCUT2D eigenvalue weighted by atomic mass is 28.3. The van der Waals surface area contributed by atoms with Gasteiger partial charge in [-0.25, -0.2) is 14.8 Å². The maximum Gasteiger partial charge on any atom is 0.189 e. The van der Waals surface area contributed by atoms with Gasteiger partial charge in [0.1, 0.15) is 24.5 Å². The predicted octanol–water partition coefficient (Wildman–Crippen LogP) is 5.01. The second-order valence-corrected chi connectivity index (χ2v) is 15.3. The first-order valence-electron chi connectivity index (χ1n) is 11.2. The van der Waals surface area contributed by atoms with E-state index in [0.717, 1.165) is 54.7 Å².